The van der Waals surface area contributed by atoms with Crippen LogP contribution in [-0.4, -0.2) is 48.5 Å². The molecule has 1 aliphatic heterocycles. The maximum Gasteiger partial charge on any atom is 0.223 e. The lowest BCUT2D eigenvalue weighted by Crippen LogP contribution is -2.36. The fourth-order valence-corrected chi connectivity index (χ4v) is 3.31. The van der Waals surface area contributed by atoms with Gasteiger partial charge in [-0.2, -0.15) is 0 Å². The minimum Gasteiger partial charge on any atom is -0.385 e. The van der Waals surface area contributed by atoms with Crippen LogP contribution in [0.3, 0.4) is 0 Å². The van der Waals surface area contributed by atoms with Crippen LogP contribution in [0.15, 0.2) is 18.2 Å². The van der Waals surface area contributed by atoms with Crippen molar-refractivity contribution in [1.29, 1.82) is 0 Å². The van der Waals surface area contributed by atoms with Crippen LogP contribution >= 0.6 is 0 Å². The maximum atomic E-state index is 13.6. The Morgan fingerprint density at radius 1 is 1.35 bits per heavy atom. The number of nitrogens with one attached hydrogen (secondary N) is 2. The molecule has 26 heavy (non-hydrogen) atoms. The molecule has 2 N–H and O–H groups in total. The lowest BCUT2D eigenvalue weighted by atomic mass is 10.0. The minimum absolute atomic E-state index is 0.0477. The van der Waals surface area contributed by atoms with E-state index in [0.717, 1.165) is 28.6 Å². The van der Waals surface area contributed by atoms with Gasteiger partial charge in [0.05, 0.1) is 0 Å². The molecule has 2 amide bonds. The van der Waals surface area contributed by atoms with Crippen LogP contribution in [0.4, 0.5) is 4.39 Å². The standard InChI is InChI=1S/C19H24FN3O3/c1-26-10-2-8-21-18(24)5-6-19(25)23-9-7-17-15(12-23)14-11-13(20)3-4-16(14)22-17/h3-4,11,22H,2,5-10,12H2,1H3,(H,21,24). The van der Waals surface area contributed by atoms with Crippen LogP contribution in [0.5, 0.6) is 0 Å². The Hall–Kier alpha value is -2.41. The monoisotopic (exact) mass is 361 g/mol. The first-order valence-electron chi connectivity index (χ1n) is 8.91. The van der Waals surface area contributed by atoms with E-state index in [4.69, 9.17) is 4.74 Å². The van der Waals surface area contributed by atoms with Crippen LogP contribution < -0.4 is 5.32 Å². The zero-order valence-electron chi connectivity index (χ0n) is 14.9. The van der Waals surface area contributed by atoms with Gasteiger partial charge in [0.2, 0.25) is 11.8 Å². The molecule has 140 valence electrons. The van der Waals surface area contributed by atoms with Crippen molar-refractivity contribution in [1.82, 2.24) is 15.2 Å². The highest BCUT2D eigenvalue weighted by atomic mass is 19.1. The number of amides is 2. The average Bonchev–Trinajstić information content (AvgIpc) is 3.00. The third kappa shape index (κ3) is 4.22. The first-order chi connectivity index (χ1) is 12.6. The molecular weight excluding hydrogens is 337 g/mol. The van der Waals surface area contributed by atoms with Gasteiger partial charge in [-0.1, -0.05) is 0 Å². The van der Waals surface area contributed by atoms with Crippen molar-refractivity contribution in [3.05, 3.63) is 35.3 Å². The number of fused-ring (bicyclic) bond motifs is 3. The molecule has 0 unspecified atom stereocenters. The Balaban J connectivity index is 1.55. The second kappa shape index (κ2) is 8.31. The molecule has 1 aromatic carbocycles. The van der Waals surface area contributed by atoms with Crippen LogP contribution in [0.2, 0.25) is 0 Å². The third-order valence-electron chi connectivity index (χ3n) is 4.70. The second-order valence-electron chi connectivity index (χ2n) is 6.53. The molecule has 0 atom stereocenters. The van der Waals surface area contributed by atoms with E-state index in [1.54, 1.807) is 18.1 Å². The number of ether oxygens (including phenoxy) is 1. The molecular formula is C19H24FN3O3. The van der Waals surface area contributed by atoms with Gasteiger partial charge >= 0.3 is 0 Å². The van der Waals surface area contributed by atoms with Gasteiger partial charge in [0.25, 0.3) is 0 Å². The van der Waals surface area contributed by atoms with E-state index in [2.05, 4.69) is 10.3 Å². The normalized spacial score (nSPS) is 13.7. The molecule has 2 heterocycles. The number of hydrogen-bond acceptors (Lipinski definition) is 3. The second-order valence-corrected chi connectivity index (χ2v) is 6.53. The summed E-state index contributed by atoms with van der Waals surface area (Å²) in [6, 6.07) is 4.66. The number of benzene rings is 1. The first-order valence-corrected chi connectivity index (χ1v) is 8.91. The number of aromatic amines is 1. The fraction of sp³-hybridized carbons (Fsp3) is 0.474. The number of carbonyl (C=O) groups is 2. The summed E-state index contributed by atoms with van der Waals surface area (Å²) in [6.07, 6.45) is 1.82. The van der Waals surface area contributed by atoms with Gasteiger partial charge < -0.3 is 19.9 Å². The molecule has 1 aliphatic rings. The van der Waals surface area contributed by atoms with E-state index < -0.39 is 0 Å². The molecule has 0 saturated heterocycles. The minimum atomic E-state index is -0.284. The zero-order chi connectivity index (χ0) is 18.5. The van der Waals surface area contributed by atoms with E-state index in [0.29, 0.717) is 32.7 Å². The van der Waals surface area contributed by atoms with Gasteiger partial charge in [-0.15, -0.1) is 0 Å². The number of H-pyrrole nitrogens is 1. The maximum absolute atomic E-state index is 13.6. The van der Waals surface area contributed by atoms with E-state index in [9.17, 15) is 14.0 Å². The van der Waals surface area contributed by atoms with E-state index in [1.165, 1.54) is 12.1 Å². The number of methoxy groups -OCH3 is 1. The van der Waals surface area contributed by atoms with Crippen molar-refractivity contribution in [2.75, 3.05) is 26.8 Å². The van der Waals surface area contributed by atoms with Crippen LogP contribution in [0.25, 0.3) is 10.9 Å². The Kier molecular flexibility index (Phi) is 5.88. The molecule has 3 rings (SSSR count). The number of rotatable bonds is 7. The predicted octanol–water partition coefficient (Wildman–Crippen LogP) is 2.12. The van der Waals surface area contributed by atoms with Gasteiger partial charge in [0.1, 0.15) is 5.82 Å². The summed E-state index contributed by atoms with van der Waals surface area (Å²) in [4.78, 5) is 29.3. The third-order valence-corrected chi connectivity index (χ3v) is 4.70. The molecule has 0 fully saturated rings. The highest BCUT2D eigenvalue weighted by Crippen LogP contribution is 2.28. The molecule has 0 bridgehead atoms. The Morgan fingerprint density at radius 2 is 2.19 bits per heavy atom. The number of hydrogen-bond donors (Lipinski definition) is 2. The number of aromatic nitrogens is 1. The lowest BCUT2D eigenvalue weighted by Gasteiger charge is -2.27. The number of halogens is 1. The van der Waals surface area contributed by atoms with E-state index >= 15 is 0 Å². The quantitative estimate of drug-likeness (QED) is 0.742. The Bertz CT molecular complexity index is 803. The van der Waals surface area contributed by atoms with Crippen LogP contribution in [0.1, 0.15) is 30.5 Å². The van der Waals surface area contributed by atoms with Crippen molar-refractivity contribution < 1.29 is 18.7 Å². The number of nitrogens with zero attached hydrogens (tertiary/aromatic N) is 1. The summed E-state index contributed by atoms with van der Waals surface area (Å²) in [5.41, 5.74) is 2.93. The largest absolute Gasteiger partial charge is 0.385 e. The van der Waals surface area contributed by atoms with Gasteiger partial charge in [0.15, 0.2) is 0 Å². The van der Waals surface area contributed by atoms with Crippen LogP contribution in [0, 0.1) is 5.82 Å². The molecule has 0 spiro atoms. The lowest BCUT2D eigenvalue weighted by molar-refractivity contribution is -0.134. The fourth-order valence-electron chi connectivity index (χ4n) is 3.31. The summed E-state index contributed by atoms with van der Waals surface area (Å²) < 4.78 is 18.5. The summed E-state index contributed by atoms with van der Waals surface area (Å²) in [7, 11) is 1.62. The van der Waals surface area contributed by atoms with E-state index in [-0.39, 0.29) is 30.5 Å². The highest BCUT2D eigenvalue weighted by molar-refractivity contribution is 5.87. The topological polar surface area (TPSA) is 74.4 Å². The first kappa shape index (κ1) is 18.4. The molecule has 0 radical (unpaired) electrons. The summed E-state index contributed by atoms with van der Waals surface area (Å²) >= 11 is 0. The highest BCUT2D eigenvalue weighted by Gasteiger charge is 2.24. The van der Waals surface area contributed by atoms with Gasteiger partial charge in [0, 0.05) is 74.8 Å². The van der Waals surface area contributed by atoms with E-state index in [1.807, 2.05) is 0 Å². The van der Waals surface area contributed by atoms with Gasteiger partial charge in [-0.05, 0) is 24.6 Å². The zero-order valence-corrected chi connectivity index (χ0v) is 14.9. The van der Waals surface area contributed by atoms with Crippen molar-refractivity contribution in [2.45, 2.75) is 32.2 Å². The summed E-state index contributed by atoms with van der Waals surface area (Å²) in [5.74, 6) is -0.456. The van der Waals surface area contributed by atoms with Crippen molar-refractivity contribution in [2.24, 2.45) is 0 Å². The molecule has 2 aromatic rings. The van der Waals surface area contributed by atoms with Crippen LogP contribution in [-0.2, 0) is 27.3 Å². The smallest absolute Gasteiger partial charge is 0.223 e. The summed E-state index contributed by atoms with van der Waals surface area (Å²) in [6.45, 7) is 2.21. The number of carbonyl (C=O) groups excluding carboxylic acids is 2. The molecule has 7 heteroatoms. The average molecular weight is 361 g/mol. The Labute approximate surface area is 151 Å². The van der Waals surface area contributed by atoms with Crippen molar-refractivity contribution >= 4 is 22.7 Å². The van der Waals surface area contributed by atoms with Gasteiger partial charge in [-0.3, -0.25) is 9.59 Å². The molecule has 6 nitrogen and oxygen atoms in total. The Morgan fingerprint density at radius 3 is 3.00 bits per heavy atom. The SMILES string of the molecule is COCCCNC(=O)CCC(=O)N1CCc2[nH]c3ccc(F)cc3c2C1. The molecule has 1 aromatic heterocycles. The van der Waals surface area contributed by atoms with Gasteiger partial charge in [-0.25, -0.2) is 4.39 Å². The van der Waals surface area contributed by atoms with Crippen molar-refractivity contribution in [3.8, 4) is 0 Å². The molecule has 0 saturated carbocycles. The predicted molar refractivity (Wildman–Crippen MR) is 96.1 cm³/mol. The van der Waals surface area contributed by atoms with Crippen molar-refractivity contribution in [3.63, 3.8) is 0 Å². The molecule has 0 aliphatic carbocycles. The summed E-state index contributed by atoms with van der Waals surface area (Å²) in [5, 5.41) is 3.61.